The minimum atomic E-state index is 0.392. The highest BCUT2D eigenvalue weighted by atomic mass is 16.5. The van der Waals surface area contributed by atoms with E-state index in [9.17, 15) is 0 Å². The fraction of sp³-hybridized carbons (Fsp3) is 0.625. The Hall–Kier alpha value is -0.860. The van der Waals surface area contributed by atoms with Crippen molar-refractivity contribution in [3.63, 3.8) is 0 Å². The Morgan fingerprint density at radius 3 is 2.11 bits per heavy atom. The number of benzene rings is 1. The van der Waals surface area contributed by atoms with E-state index in [0.717, 1.165) is 6.54 Å². The third-order valence-corrected chi connectivity index (χ3v) is 4.94. The van der Waals surface area contributed by atoms with Gasteiger partial charge in [-0.05, 0) is 22.0 Å². The van der Waals surface area contributed by atoms with Crippen molar-refractivity contribution >= 4 is 0 Å². The summed E-state index contributed by atoms with van der Waals surface area (Å²) < 4.78 is 5.25. The Bertz CT molecular complexity index is 409. The van der Waals surface area contributed by atoms with Crippen LogP contribution in [-0.4, -0.2) is 13.2 Å². The molecular formula is C16H25NO. The van der Waals surface area contributed by atoms with E-state index in [1.165, 1.54) is 11.1 Å². The minimum Gasteiger partial charge on any atom is -0.380 e. The van der Waals surface area contributed by atoms with Crippen LogP contribution in [0, 0.1) is 10.8 Å². The zero-order valence-electron chi connectivity index (χ0n) is 12.2. The van der Waals surface area contributed by atoms with Crippen molar-refractivity contribution in [1.29, 1.82) is 0 Å². The first-order valence-electron chi connectivity index (χ1n) is 6.70. The van der Waals surface area contributed by atoms with Crippen molar-refractivity contribution in [2.24, 2.45) is 10.8 Å². The molecule has 1 aliphatic rings. The molecule has 2 rings (SSSR count). The molecule has 0 aliphatic heterocycles. The van der Waals surface area contributed by atoms with Crippen LogP contribution < -0.4 is 5.32 Å². The summed E-state index contributed by atoms with van der Waals surface area (Å²) in [5.74, 6) is 0. The van der Waals surface area contributed by atoms with Crippen LogP contribution in [-0.2, 0) is 17.9 Å². The van der Waals surface area contributed by atoms with E-state index in [-0.39, 0.29) is 0 Å². The summed E-state index contributed by atoms with van der Waals surface area (Å²) >= 11 is 0. The van der Waals surface area contributed by atoms with Gasteiger partial charge in [-0.1, -0.05) is 52.0 Å². The van der Waals surface area contributed by atoms with Crippen molar-refractivity contribution in [2.75, 3.05) is 7.11 Å². The van der Waals surface area contributed by atoms with Crippen LogP contribution in [0.3, 0.4) is 0 Å². The van der Waals surface area contributed by atoms with Crippen LogP contribution in [0.2, 0.25) is 0 Å². The molecule has 100 valence electrons. The zero-order chi connectivity index (χ0) is 13.4. The van der Waals surface area contributed by atoms with E-state index in [4.69, 9.17) is 4.74 Å². The zero-order valence-corrected chi connectivity index (χ0v) is 12.2. The van der Waals surface area contributed by atoms with Crippen molar-refractivity contribution in [3.8, 4) is 0 Å². The molecule has 2 heteroatoms. The summed E-state index contributed by atoms with van der Waals surface area (Å²) in [6.07, 6.45) is 0. The van der Waals surface area contributed by atoms with Gasteiger partial charge in [0.25, 0.3) is 0 Å². The second kappa shape index (κ2) is 4.67. The molecular weight excluding hydrogens is 222 g/mol. The molecule has 1 aromatic rings. The smallest absolute Gasteiger partial charge is 0.0716 e. The minimum absolute atomic E-state index is 0.392. The summed E-state index contributed by atoms with van der Waals surface area (Å²) in [5.41, 5.74) is 3.41. The molecule has 0 radical (unpaired) electrons. The van der Waals surface area contributed by atoms with Crippen LogP contribution in [0.1, 0.15) is 38.8 Å². The molecule has 0 bridgehead atoms. The molecule has 0 saturated heterocycles. The van der Waals surface area contributed by atoms with Gasteiger partial charge in [0.2, 0.25) is 0 Å². The third-order valence-electron chi connectivity index (χ3n) is 4.94. The molecule has 0 spiro atoms. The summed E-state index contributed by atoms with van der Waals surface area (Å²) in [4.78, 5) is 0. The van der Waals surface area contributed by atoms with E-state index in [2.05, 4.69) is 57.3 Å². The van der Waals surface area contributed by atoms with Crippen LogP contribution >= 0.6 is 0 Å². The lowest BCUT2D eigenvalue weighted by atomic mass is 10.0. The maximum absolute atomic E-state index is 5.25. The van der Waals surface area contributed by atoms with Crippen LogP contribution in [0.5, 0.6) is 0 Å². The largest absolute Gasteiger partial charge is 0.380 e. The molecule has 0 heterocycles. The maximum Gasteiger partial charge on any atom is 0.0716 e. The molecule has 18 heavy (non-hydrogen) atoms. The first-order valence-corrected chi connectivity index (χ1v) is 6.70. The number of methoxy groups -OCH3 is 1. The summed E-state index contributed by atoms with van der Waals surface area (Å²) in [6.45, 7) is 11.0. The van der Waals surface area contributed by atoms with E-state index >= 15 is 0 Å². The number of rotatable bonds is 5. The molecule has 2 nitrogen and oxygen atoms in total. The van der Waals surface area contributed by atoms with Crippen molar-refractivity contribution < 1.29 is 4.74 Å². The van der Waals surface area contributed by atoms with Gasteiger partial charge in [-0.25, -0.2) is 0 Å². The molecule has 0 aromatic heterocycles. The van der Waals surface area contributed by atoms with Crippen molar-refractivity contribution in [1.82, 2.24) is 5.32 Å². The van der Waals surface area contributed by atoms with Crippen LogP contribution in [0.4, 0.5) is 0 Å². The standard InChI is InChI=1S/C16H25NO/c1-15(2)14(16(15,3)4)17-10-12-8-6-7-9-13(12)11-18-5/h6-9,14,17H,10-11H2,1-5H3. The fourth-order valence-electron chi connectivity index (χ4n) is 2.94. The number of nitrogens with one attached hydrogen (secondary N) is 1. The van der Waals surface area contributed by atoms with E-state index in [1.807, 2.05) is 0 Å². The van der Waals surface area contributed by atoms with Crippen molar-refractivity contribution in [2.45, 2.75) is 46.9 Å². The molecule has 1 aromatic carbocycles. The topological polar surface area (TPSA) is 21.3 Å². The molecule has 1 aliphatic carbocycles. The number of hydrogen-bond donors (Lipinski definition) is 1. The average Bonchev–Trinajstić information content (AvgIpc) is 2.69. The molecule has 0 atom stereocenters. The molecule has 0 amide bonds. The average molecular weight is 247 g/mol. The van der Waals surface area contributed by atoms with Crippen LogP contribution in [0.25, 0.3) is 0 Å². The SMILES string of the molecule is COCc1ccccc1CNC1C(C)(C)C1(C)C. The first-order chi connectivity index (χ1) is 8.41. The van der Waals surface area contributed by atoms with Gasteiger partial charge in [0.05, 0.1) is 6.61 Å². The van der Waals surface area contributed by atoms with Crippen molar-refractivity contribution in [3.05, 3.63) is 35.4 Å². The maximum atomic E-state index is 5.25. The Kier molecular flexibility index (Phi) is 3.52. The second-order valence-electron chi connectivity index (χ2n) is 6.46. The molecule has 1 saturated carbocycles. The van der Waals surface area contributed by atoms with E-state index in [1.54, 1.807) is 7.11 Å². The normalized spacial score (nSPS) is 20.9. The van der Waals surface area contributed by atoms with Gasteiger partial charge in [-0.2, -0.15) is 0 Å². The predicted octanol–water partition coefficient (Wildman–Crippen LogP) is 3.36. The molecule has 0 unspecified atom stereocenters. The number of ether oxygens (including phenoxy) is 1. The Morgan fingerprint density at radius 2 is 1.61 bits per heavy atom. The predicted molar refractivity (Wildman–Crippen MR) is 75.3 cm³/mol. The quantitative estimate of drug-likeness (QED) is 0.861. The molecule has 1 fully saturated rings. The first kappa shape index (κ1) is 13.6. The summed E-state index contributed by atoms with van der Waals surface area (Å²) in [5, 5.41) is 3.70. The highest BCUT2D eigenvalue weighted by Gasteiger charge is 2.64. The van der Waals surface area contributed by atoms with Gasteiger partial charge >= 0.3 is 0 Å². The Morgan fingerprint density at radius 1 is 1.06 bits per heavy atom. The highest BCUT2D eigenvalue weighted by molar-refractivity contribution is 5.27. The van der Waals surface area contributed by atoms with E-state index in [0.29, 0.717) is 23.5 Å². The Labute approximate surface area is 111 Å². The Balaban J connectivity index is 2.00. The molecule has 1 N–H and O–H groups in total. The second-order valence-corrected chi connectivity index (χ2v) is 6.46. The van der Waals surface area contributed by atoms with E-state index < -0.39 is 0 Å². The third kappa shape index (κ3) is 2.19. The van der Waals surface area contributed by atoms with Gasteiger partial charge in [0, 0.05) is 19.7 Å². The van der Waals surface area contributed by atoms with Gasteiger partial charge in [-0.3, -0.25) is 0 Å². The highest BCUT2D eigenvalue weighted by Crippen LogP contribution is 2.62. The monoisotopic (exact) mass is 247 g/mol. The number of hydrogen-bond acceptors (Lipinski definition) is 2. The lowest BCUT2D eigenvalue weighted by molar-refractivity contribution is 0.184. The lowest BCUT2D eigenvalue weighted by Crippen LogP contribution is -2.22. The van der Waals surface area contributed by atoms with Gasteiger partial charge in [0.15, 0.2) is 0 Å². The van der Waals surface area contributed by atoms with Gasteiger partial charge < -0.3 is 10.1 Å². The fourth-order valence-corrected chi connectivity index (χ4v) is 2.94. The van der Waals surface area contributed by atoms with Gasteiger partial charge in [0.1, 0.15) is 0 Å². The van der Waals surface area contributed by atoms with Crippen LogP contribution in [0.15, 0.2) is 24.3 Å². The summed E-state index contributed by atoms with van der Waals surface area (Å²) in [7, 11) is 1.75. The summed E-state index contributed by atoms with van der Waals surface area (Å²) in [6, 6.07) is 9.09. The lowest BCUT2D eigenvalue weighted by Gasteiger charge is -2.11. The van der Waals surface area contributed by atoms with Gasteiger partial charge in [-0.15, -0.1) is 0 Å².